The molecule has 0 bridgehead atoms. The second kappa shape index (κ2) is 32.3. The first kappa shape index (κ1) is 40.4. The van der Waals surface area contributed by atoms with Gasteiger partial charge in [-0.05, 0) is 44.9 Å². The first-order valence-electron chi connectivity index (χ1n) is 17.1. The van der Waals surface area contributed by atoms with Gasteiger partial charge in [-0.25, -0.2) is 0 Å². The molecule has 0 aliphatic heterocycles. The van der Waals surface area contributed by atoms with E-state index in [4.69, 9.17) is 14.2 Å². The zero-order valence-corrected chi connectivity index (χ0v) is 27.7. The Bertz CT molecular complexity index is 795. The third-order valence-electron chi connectivity index (χ3n) is 6.86. The molecule has 1 unspecified atom stereocenters. The summed E-state index contributed by atoms with van der Waals surface area (Å²) in [6, 6.07) is 0. The van der Waals surface area contributed by atoms with Crippen LogP contribution in [0.15, 0.2) is 48.6 Å². The summed E-state index contributed by atoms with van der Waals surface area (Å²) in [5.74, 6) is -1.02. The van der Waals surface area contributed by atoms with E-state index in [0.29, 0.717) is 19.3 Å². The van der Waals surface area contributed by atoms with Crippen molar-refractivity contribution >= 4 is 17.9 Å². The van der Waals surface area contributed by atoms with Crippen molar-refractivity contribution in [1.82, 2.24) is 0 Å². The molecule has 0 aromatic heterocycles. The highest BCUT2D eigenvalue weighted by atomic mass is 16.6. The summed E-state index contributed by atoms with van der Waals surface area (Å²) in [6.07, 6.45) is 34.4. The molecule has 6 heteroatoms. The van der Waals surface area contributed by atoms with Crippen LogP contribution in [0.1, 0.15) is 149 Å². The van der Waals surface area contributed by atoms with Crippen LogP contribution in [-0.2, 0) is 28.6 Å². The molecular weight excluding hydrogens is 540 g/mol. The normalized spacial score (nSPS) is 12.5. The molecule has 0 fully saturated rings. The van der Waals surface area contributed by atoms with E-state index in [1.807, 2.05) is 12.2 Å². The molecule has 0 radical (unpaired) electrons. The predicted molar refractivity (Wildman–Crippen MR) is 178 cm³/mol. The van der Waals surface area contributed by atoms with Crippen LogP contribution in [-0.4, -0.2) is 37.2 Å². The summed E-state index contributed by atoms with van der Waals surface area (Å²) in [7, 11) is 0. The number of allylic oxidation sites excluding steroid dienone is 8. The Kier molecular flexibility index (Phi) is 30.3. The fraction of sp³-hybridized carbons (Fsp3) is 0.703. The van der Waals surface area contributed by atoms with E-state index in [-0.39, 0.29) is 37.5 Å². The van der Waals surface area contributed by atoms with E-state index in [2.05, 4.69) is 57.2 Å². The lowest BCUT2D eigenvalue weighted by Crippen LogP contribution is -2.30. The van der Waals surface area contributed by atoms with Gasteiger partial charge in [0.05, 0.1) is 0 Å². The molecule has 0 rings (SSSR count). The summed E-state index contributed by atoms with van der Waals surface area (Å²) in [5.41, 5.74) is 0. The summed E-state index contributed by atoms with van der Waals surface area (Å²) < 4.78 is 16.3. The predicted octanol–water partition coefficient (Wildman–Crippen LogP) is 10.1. The van der Waals surface area contributed by atoms with Gasteiger partial charge in [-0.1, -0.05) is 134 Å². The van der Waals surface area contributed by atoms with Crippen LogP contribution in [0.4, 0.5) is 0 Å². The Morgan fingerprint density at radius 2 is 0.907 bits per heavy atom. The maximum absolute atomic E-state index is 12.4. The second-order valence-electron chi connectivity index (χ2n) is 11.1. The Labute approximate surface area is 263 Å². The molecule has 0 aromatic carbocycles. The van der Waals surface area contributed by atoms with Crippen LogP contribution in [0.2, 0.25) is 0 Å². The van der Waals surface area contributed by atoms with E-state index >= 15 is 0 Å². The number of carbonyl (C=O) groups excluding carboxylic acids is 3. The van der Waals surface area contributed by atoms with Crippen molar-refractivity contribution in [2.24, 2.45) is 0 Å². The number of unbranched alkanes of at least 4 members (excludes halogenated alkanes) is 10. The van der Waals surface area contributed by atoms with E-state index in [1.54, 1.807) is 0 Å². The van der Waals surface area contributed by atoms with Gasteiger partial charge >= 0.3 is 17.9 Å². The quantitative estimate of drug-likeness (QED) is 0.0367. The minimum atomic E-state index is -0.789. The maximum Gasteiger partial charge on any atom is 0.306 e. The monoisotopic (exact) mass is 602 g/mol. The van der Waals surface area contributed by atoms with Crippen molar-refractivity contribution in [3.05, 3.63) is 48.6 Å². The van der Waals surface area contributed by atoms with Crippen LogP contribution in [0.5, 0.6) is 0 Å². The number of hydrogen-bond acceptors (Lipinski definition) is 6. The summed E-state index contributed by atoms with van der Waals surface area (Å²) >= 11 is 0. The van der Waals surface area contributed by atoms with Gasteiger partial charge < -0.3 is 14.2 Å². The lowest BCUT2D eigenvalue weighted by Gasteiger charge is -2.18. The highest BCUT2D eigenvalue weighted by molar-refractivity contribution is 5.71. The summed E-state index contributed by atoms with van der Waals surface area (Å²) in [4.78, 5) is 36.9. The molecule has 1 atom stereocenters. The van der Waals surface area contributed by atoms with E-state index in [9.17, 15) is 14.4 Å². The van der Waals surface area contributed by atoms with E-state index in [1.165, 1.54) is 32.1 Å². The standard InChI is InChI=1S/C37H62O6/c1-4-7-10-13-15-16-17-18-19-20-22-24-27-30-36(39)42-33-34(32-41-35(38)29-26-23-12-9-6-3)43-37(40)31-28-25-21-14-11-8-5-2/h7,10,15-16,18-19,22,24,34H,4-6,8-9,11-14,17,20-21,23,25-33H2,1-3H3/b10-7-,16-15-,19-18-,24-22-. The fourth-order valence-electron chi connectivity index (χ4n) is 4.28. The van der Waals surface area contributed by atoms with Crippen molar-refractivity contribution in [2.75, 3.05) is 13.2 Å². The average Bonchev–Trinajstić information content (AvgIpc) is 3.00. The molecule has 0 aliphatic rings. The average molecular weight is 603 g/mol. The Morgan fingerprint density at radius 1 is 0.488 bits per heavy atom. The zero-order chi connectivity index (χ0) is 31.6. The highest BCUT2D eigenvalue weighted by Crippen LogP contribution is 2.11. The molecule has 0 aromatic rings. The number of ether oxygens (including phenoxy) is 3. The van der Waals surface area contributed by atoms with Gasteiger partial charge in [0, 0.05) is 19.3 Å². The fourth-order valence-corrected chi connectivity index (χ4v) is 4.28. The lowest BCUT2D eigenvalue weighted by molar-refractivity contribution is -0.166. The molecular formula is C37H62O6. The van der Waals surface area contributed by atoms with E-state index in [0.717, 1.165) is 70.6 Å². The van der Waals surface area contributed by atoms with Gasteiger partial charge in [-0.15, -0.1) is 0 Å². The lowest BCUT2D eigenvalue weighted by atomic mass is 10.1. The SMILES string of the molecule is CC/C=C\C/C=C\C/C=C\C/C=C\CCC(=O)OCC(COC(=O)CCCCCCC)OC(=O)CCCCCCCCC. The Balaban J connectivity index is 4.43. The minimum absolute atomic E-state index is 0.0965. The molecule has 0 aliphatic carbocycles. The molecule has 6 nitrogen and oxygen atoms in total. The number of hydrogen-bond donors (Lipinski definition) is 0. The molecule has 246 valence electrons. The van der Waals surface area contributed by atoms with Gasteiger partial charge in [0.2, 0.25) is 0 Å². The van der Waals surface area contributed by atoms with Gasteiger partial charge in [0.25, 0.3) is 0 Å². The van der Waals surface area contributed by atoms with Gasteiger partial charge in [-0.2, -0.15) is 0 Å². The molecule has 0 heterocycles. The first-order chi connectivity index (χ1) is 21.0. The third-order valence-corrected chi connectivity index (χ3v) is 6.86. The topological polar surface area (TPSA) is 78.9 Å². The Morgan fingerprint density at radius 3 is 1.42 bits per heavy atom. The van der Waals surface area contributed by atoms with Crippen molar-refractivity contribution in [3.63, 3.8) is 0 Å². The van der Waals surface area contributed by atoms with Gasteiger partial charge in [0.15, 0.2) is 6.10 Å². The zero-order valence-electron chi connectivity index (χ0n) is 27.7. The largest absolute Gasteiger partial charge is 0.462 e. The first-order valence-corrected chi connectivity index (χ1v) is 17.1. The summed E-state index contributed by atoms with van der Waals surface area (Å²) in [5, 5.41) is 0. The number of esters is 3. The number of rotatable bonds is 29. The molecule has 0 saturated carbocycles. The number of carbonyl (C=O) groups is 3. The Hall–Kier alpha value is -2.63. The second-order valence-corrected chi connectivity index (χ2v) is 11.1. The maximum atomic E-state index is 12.4. The highest BCUT2D eigenvalue weighted by Gasteiger charge is 2.19. The van der Waals surface area contributed by atoms with Crippen LogP contribution in [0.3, 0.4) is 0 Å². The van der Waals surface area contributed by atoms with Crippen LogP contribution >= 0.6 is 0 Å². The van der Waals surface area contributed by atoms with E-state index < -0.39 is 6.10 Å². The molecule has 0 N–H and O–H groups in total. The van der Waals surface area contributed by atoms with Crippen LogP contribution in [0, 0.1) is 0 Å². The molecule has 0 saturated heterocycles. The minimum Gasteiger partial charge on any atom is -0.462 e. The van der Waals surface area contributed by atoms with Crippen LogP contribution < -0.4 is 0 Å². The van der Waals surface area contributed by atoms with Crippen molar-refractivity contribution in [1.29, 1.82) is 0 Å². The van der Waals surface area contributed by atoms with Crippen molar-refractivity contribution in [2.45, 2.75) is 155 Å². The van der Waals surface area contributed by atoms with Crippen LogP contribution in [0.25, 0.3) is 0 Å². The smallest absolute Gasteiger partial charge is 0.306 e. The summed E-state index contributed by atoms with van der Waals surface area (Å²) in [6.45, 7) is 6.27. The van der Waals surface area contributed by atoms with Crippen molar-refractivity contribution < 1.29 is 28.6 Å². The van der Waals surface area contributed by atoms with Crippen molar-refractivity contribution in [3.8, 4) is 0 Å². The van der Waals surface area contributed by atoms with Gasteiger partial charge in [-0.3, -0.25) is 14.4 Å². The molecule has 43 heavy (non-hydrogen) atoms. The molecule has 0 spiro atoms. The third kappa shape index (κ3) is 30.6. The molecule has 0 amide bonds. The van der Waals surface area contributed by atoms with Gasteiger partial charge in [0.1, 0.15) is 13.2 Å².